The maximum Gasteiger partial charge on any atom is 0.0767 e. The molecule has 14 heavy (non-hydrogen) atoms. The van der Waals surface area contributed by atoms with E-state index in [1.54, 1.807) is 18.0 Å². The molecule has 0 unspecified atom stereocenters. The number of benzene rings is 1. The molecule has 0 spiro atoms. The topological polar surface area (TPSA) is 40.7 Å². The molecule has 2 N–H and O–H groups in total. The quantitative estimate of drug-likeness (QED) is 0.757. The minimum absolute atomic E-state index is 0.974. The Hall–Kier alpha value is -1.42. The fraction of sp³-hybridized carbons (Fsp3) is 0.100. The number of hydrogen-bond acceptors (Lipinski definition) is 3. The monoisotopic (exact) mass is 205 g/mol. The molecule has 0 aliphatic heterocycles. The second-order valence-corrected chi connectivity index (χ2v) is 3.72. The fourth-order valence-electron chi connectivity index (χ4n) is 1.16. The maximum atomic E-state index is 3.86. The van der Waals surface area contributed by atoms with Crippen LogP contribution in [0.15, 0.2) is 41.6 Å². The molecule has 0 aliphatic rings. The summed E-state index contributed by atoms with van der Waals surface area (Å²) in [7, 11) is 0. The van der Waals surface area contributed by atoms with Crippen molar-refractivity contribution in [2.75, 3.05) is 11.6 Å². The van der Waals surface area contributed by atoms with Gasteiger partial charge in [0.15, 0.2) is 0 Å². The number of aromatic nitrogens is 2. The zero-order valence-corrected chi connectivity index (χ0v) is 8.64. The molecule has 0 saturated carbocycles. The van der Waals surface area contributed by atoms with E-state index in [0.717, 1.165) is 11.4 Å². The SMILES string of the molecule is CSc1ccc(Nc2cn[nH]c2)cc1. The van der Waals surface area contributed by atoms with Gasteiger partial charge in [-0.05, 0) is 30.5 Å². The van der Waals surface area contributed by atoms with Gasteiger partial charge in [0.05, 0.1) is 11.9 Å². The Morgan fingerprint density at radius 2 is 2.00 bits per heavy atom. The second kappa shape index (κ2) is 4.19. The first-order chi connectivity index (χ1) is 6.88. The zero-order chi connectivity index (χ0) is 9.80. The first-order valence-electron chi connectivity index (χ1n) is 4.28. The standard InChI is InChI=1S/C10H11N3S/c1-14-10-4-2-8(3-5-10)13-9-6-11-12-7-9/h2-7,13H,1H3,(H,11,12). The van der Waals surface area contributed by atoms with E-state index < -0.39 is 0 Å². The third kappa shape index (κ3) is 2.09. The lowest BCUT2D eigenvalue weighted by Crippen LogP contribution is -1.87. The fourth-order valence-corrected chi connectivity index (χ4v) is 1.57. The highest BCUT2D eigenvalue weighted by Gasteiger charge is 1.95. The van der Waals surface area contributed by atoms with Gasteiger partial charge in [0, 0.05) is 16.8 Å². The number of anilines is 2. The Bertz CT molecular complexity index is 380. The molecule has 0 amide bonds. The van der Waals surface area contributed by atoms with Gasteiger partial charge in [-0.2, -0.15) is 5.10 Å². The van der Waals surface area contributed by atoms with Gasteiger partial charge in [-0.1, -0.05) is 0 Å². The summed E-state index contributed by atoms with van der Waals surface area (Å²) in [4.78, 5) is 1.27. The number of hydrogen-bond donors (Lipinski definition) is 2. The van der Waals surface area contributed by atoms with Crippen LogP contribution in [0.3, 0.4) is 0 Å². The molecule has 0 fully saturated rings. The Kier molecular flexibility index (Phi) is 2.74. The van der Waals surface area contributed by atoms with Crippen LogP contribution in [-0.2, 0) is 0 Å². The maximum absolute atomic E-state index is 3.86. The van der Waals surface area contributed by atoms with Crippen LogP contribution in [0.25, 0.3) is 0 Å². The van der Waals surface area contributed by atoms with Crippen LogP contribution in [0, 0.1) is 0 Å². The van der Waals surface area contributed by atoms with Crippen LogP contribution in [-0.4, -0.2) is 16.5 Å². The molecule has 0 radical (unpaired) electrons. The minimum atomic E-state index is 0.974. The van der Waals surface area contributed by atoms with Gasteiger partial charge in [-0.3, -0.25) is 5.10 Å². The smallest absolute Gasteiger partial charge is 0.0767 e. The molecule has 1 aromatic carbocycles. The van der Waals surface area contributed by atoms with Crippen molar-refractivity contribution in [3.05, 3.63) is 36.7 Å². The van der Waals surface area contributed by atoms with Crippen molar-refractivity contribution in [2.24, 2.45) is 0 Å². The van der Waals surface area contributed by atoms with E-state index in [-0.39, 0.29) is 0 Å². The average Bonchev–Trinajstić information content (AvgIpc) is 2.72. The molecule has 2 rings (SSSR count). The van der Waals surface area contributed by atoms with Crippen LogP contribution in [0.5, 0.6) is 0 Å². The number of aromatic amines is 1. The molecule has 0 atom stereocenters. The molecule has 2 aromatic rings. The first-order valence-corrected chi connectivity index (χ1v) is 5.51. The summed E-state index contributed by atoms with van der Waals surface area (Å²) >= 11 is 1.74. The molecule has 72 valence electrons. The van der Waals surface area contributed by atoms with Crippen LogP contribution in [0.1, 0.15) is 0 Å². The summed E-state index contributed by atoms with van der Waals surface area (Å²) in [6, 6.07) is 8.29. The number of H-pyrrole nitrogens is 1. The number of rotatable bonds is 3. The number of nitrogens with zero attached hydrogens (tertiary/aromatic N) is 1. The zero-order valence-electron chi connectivity index (χ0n) is 7.82. The summed E-state index contributed by atoms with van der Waals surface area (Å²) in [6.07, 6.45) is 5.64. The van der Waals surface area contributed by atoms with E-state index in [2.05, 4.69) is 46.0 Å². The Morgan fingerprint density at radius 1 is 1.21 bits per heavy atom. The van der Waals surface area contributed by atoms with Gasteiger partial charge in [-0.15, -0.1) is 11.8 Å². The van der Waals surface area contributed by atoms with Crippen molar-refractivity contribution in [3.8, 4) is 0 Å². The van der Waals surface area contributed by atoms with Gasteiger partial charge in [0.2, 0.25) is 0 Å². The van der Waals surface area contributed by atoms with Gasteiger partial charge in [0.1, 0.15) is 0 Å². The van der Waals surface area contributed by atoms with Crippen molar-refractivity contribution in [3.63, 3.8) is 0 Å². The van der Waals surface area contributed by atoms with Crippen molar-refractivity contribution in [2.45, 2.75) is 4.90 Å². The van der Waals surface area contributed by atoms with E-state index in [1.807, 2.05) is 6.20 Å². The van der Waals surface area contributed by atoms with Crippen molar-refractivity contribution >= 4 is 23.1 Å². The predicted octanol–water partition coefficient (Wildman–Crippen LogP) is 2.88. The molecule has 0 bridgehead atoms. The van der Waals surface area contributed by atoms with Crippen LogP contribution in [0.2, 0.25) is 0 Å². The summed E-state index contributed by atoms with van der Waals surface area (Å²) in [5.41, 5.74) is 2.05. The third-order valence-electron chi connectivity index (χ3n) is 1.88. The van der Waals surface area contributed by atoms with Crippen molar-refractivity contribution in [1.82, 2.24) is 10.2 Å². The molecule has 1 heterocycles. The van der Waals surface area contributed by atoms with Crippen LogP contribution < -0.4 is 5.32 Å². The molecule has 0 aliphatic carbocycles. The Labute approximate surface area is 86.9 Å². The molecular formula is C10H11N3S. The molecule has 0 saturated heterocycles. The van der Waals surface area contributed by atoms with Gasteiger partial charge in [0.25, 0.3) is 0 Å². The van der Waals surface area contributed by atoms with Crippen LogP contribution >= 0.6 is 11.8 Å². The first kappa shape index (κ1) is 9.15. The van der Waals surface area contributed by atoms with Gasteiger partial charge < -0.3 is 5.32 Å². The normalized spacial score (nSPS) is 10.1. The highest BCUT2D eigenvalue weighted by molar-refractivity contribution is 7.98. The lowest BCUT2D eigenvalue weighted by Gasteiger charge is -2.03. The van der Waals surface area contributed by atoms with Gasteiger partial charge in [-0.25, -0.2) is 0 Å². The molecule has 3 nitrogen and oxygen atoms in total. The average molecular weight is 205 g/mol. The highest BCUT2D eigenvalue weighted by Crippen LogP contribution is 2.19. The molecular weight excluding hydrogens is 194 g/mol. The van der Waals surface area contributed by atoms with E-state index >= 15 is 0 Å². The lowest BCUT2D eigenvalue weighted by atomic mass is 10.3. The molecule has 1 aromatic heterocycles. The Morgan fingerprint density at radius 3 is 2.57 bits per heavy atom. The van der Waals surface area contributed by atoms with Gasteiger partial charge >= 0.3 is 0 Å². The minimum Gasteiger partial charge on any atom is -0.353 e. The highest BCUT2D eigenvalue weighted by atomic mass is 32.2. The van der Waals surface area contributed by atoms with Crippen molar-refractivity contribution in [1.29, 1.82) is 0 Å². The van der Waals surface area contributed by atoms with E-state index in [9.17, 15) is 0 Å². The number of nitrogens with one attached hydrogen (secondary N) is 2. The number of thioether (sulfide) groups is 1. The Balaban J connectivity index is 2.10. The van der Waals surface area contributed by atoms with E-state index in [0.29, 0.717) is 0 Å². The molecule has 4 heteroatoms. The predicted molar refractivity (Wildman–Crippen MR) is 60.1 cm³/mol. The summed E-state index contributed by atoms with van der Waals surface area (Å²) in [5.74, 6) is 0. The van der Waals surface area contributed by atoms with Crippen LogP contribution in [0.4, 0.5) is 11.4 Å². The largest absolute Gasteiger partial charge is 0.353 e. The second-order valence-electron chi connectivity index (χ2n) is 2.84. The van der Waals surface area contributed by atoms with E-state index in [4.69, 9.17) is 0 Å². The van der Waals surface area contributed by atoms with E-state index in [1.165, 1.54) is 4.90 Å². The summed E-state index contributed by atoms with van der Waals surface area (Å²) in [5, 5.41) is 9.85. The van der Waals surface area contributed by atoms with Crippen molar-refractivity contribution < 1.29 is 0 Å². The lowest BCUT2D eigenvalue weighted by molar-refractivity contribution is 1.09. The summed E-state index contributed by atoms with van der Waals surface area (Å²) in [6.45, 7) is 0. The summed E-state index contributed by atoms with van der Waals surface area (Å²) < 4.78 is 0. The third-order valence-corrected chi connectivity index (χ3v) is 2.62.